The molecule has 0 aliphatic carbocycles. The molecule has 0 radical (unpaired) electrons. The summed E-state index contributed by atoms with van der Waals surface area (Å²) in [4.78, 5) is 24.6. The second-order valence-corrected chi connectivity index (χ2v) is 5.88. The summed E-state index contributed by atoms with van der Waals surface area (Å²) in [6, 6.07) is 13.2. The van der Waals surface area contributed by atoms with E-state index in [1.165, 1.54) is 18.3 Å². The van der Waals surface area contributed by atoms with Crippen LogP contribution in [-0.4, -0.2) is 30.3 Å². The zero-order chi connectivity index (χ0) is 18.4. The molecule has 1 heterocycles. The molecule has 8 heteroatoms. The number of hydrogen-bond acceptors (Lipinski definition) is 5. The molecule has 3 rings (SSSR count). The molecular weight excluding hydrogens is 334 g/mol. The highest BCUT2D eigenvalue weighted by atomic mass is 16.6. The van der Waals surface area contributed by atoms with Crippen LogP contribution in [0.5, 0.6) is 0 Å². The second kappa shape index (κ2) is 8.11. The molecule has 1 saturated heterocycles. The van der Waals surface area contributed by atoms with Crippen molar-refractivity contribution in [3.63, 3.8) is 0 Å². The van der Waals surface area contributed by atoms with Gasteiger partial charge in [0.2, 0.25) is 0 Å². The molecule has 2 aromatic rings. The summed E-state index contributed by atoms with van der Waals surface area (Å²) in [6.45, 7) is 1.81. The summed E-state index contributed by atoms with van der Waals surface area (Å²) < 4.78 is 0. The van der Waals surface area contributed by atoms with E-state index in [4.69, 9.17) is 0 Å². The Morgan fingerprint density at radius 2 is 1.88 bits per heavy atom. The van der Waals surface area contributed by atoms with Gasteiger partial charge < -0.3 is 10.2 Å². The number of hydrogen-bond donors (Lipinski definition) is 2. The number of para-hydroxylation sites is 1. The van der Waals surface area contributed by atoms with Crippen molar-refractivity contribution in [3.05, 3.63) is 64.2 Å². The van der Waals surface area contributed by atoms with Crippen LogP contribution in [0.25, 0.3) is 0 Å². The first-order valence-corrected chi connectivity index (χ1v) is 8.32. The van der Waals surface area contributed by atoms with Crippen molar-refractivity contribution in [1.29, 1.82) is 0 Å². The second-order valence-electron chi connectivity index (χ2n) is 5.88. The maximum absolute atomic E-state index is 11.9. The molecule has 134 valence electrons. The number of carbonyl (C=O) groups excluding carboxylic acids is 1. The topological polar surface area (TPSA) is 99.9 Å². The molecule has 2 N–H and O–H groups in total. The van der Waals surface area contributed by atoms with Crippen molar-refractivity contribution in [2.75, 3.05) is 23.3 Å². The first-order valence-electron chi connectivity index (χ1n) is 8.32. The Hall–Kier alpha value is -3.42. The SMILES string of the molecule is O=C(N/N=C\c1cc([N+](=O)[O-])ccc1N1CCCC1)Nc1ccccc1. The highest BCUT2D eigenvalue weighted by Crippen LogP contribution is 2.27. The van der Waals surface area contributed by atoms with Crippen LogP contribution in [0.4, 0.5) is 21.9 Å². The van der Waals surface area contributed by atoms with Crippen LogP contribution in [0.1, 0.15) is 18.4 Å². The summed E-state index contributed by atoms with van der Waals surface area (Å²) in [5, 5.41) is 17.6. The lowest BCUT2D eigenvalue weighted by molar-refractivity contribution is -0.384. The van der Waals surface area contributed by atoms with Crippen LogP contribution in [0.3, 0.4) is 0 Å². The van der Waals surface area contributed by atoms with E-state index in [2.05, 4.69) is 20.7 Å². The fourth-order valence-electron chi connectivity index (χ4n) is 2.85. The van der Waals surface area contributed by atoms with Crippen molar-refractivity contribution in [2.24, 2.45) is 5.10 Å². The maximum atomic E-state index is 11.9. The van der Waals surface area contributed by atoms with Crippen molar-refractivity contribution in [3.8, 4) is 0 Å². The van der Waals surface area contributed by atoms with E-state index in [0.29, 0.717) is 11.3 Å². The Kier molecular flexibility index (Phi) is 5.43. The zero-order valence-electron chi connectivity index (χ0n) is 14.1. The first kappa shape index (κ1) is 17.4. The number of anilines is 2. The molecule has 0 atom stereocenters. The summed E-state index contributed by atoms with van der Waals surface area (Å²) >= 11 is 0. The average molecular weight is 353 g/mol. The van der Waals surface area contributed by atoms with Gasteiger partial charge in [-0.1, -0.05) is 18.2 Å². The van der Waals surface area contributed by atoms with E-state index in [9.17, 15) is 14.9 Å². The van der Waals surface area contributed by atoms with Gasteiger partial charge in [-0.2, -0.15) is 5.10 Å². The molecule has 0 spiro atoms. The van der Waals surface area contributed by atoms with E-state index in [1.54, 1.807) is 18.2 Å². The Balaban J connectivity index is 1.72. The average Bonchev–Trinajstić information content (AvgIpc) is 3.17. The van der Waals surface area contributed by atoms with Gasteiger partial charge >= 0.3 is 6.03 Å². The van der Waals surface area contributed by atoms with Crippen LogP contribution in [-0.2, 0) is 0 Å². The van der Waals surface area contributed by atoms with Crippen LogP contribution in [0.2, 0.25) is 0 Å². The molecule has 8 nitrogen and oxygen atoms in total. The minimum Gasteiger partial charge on any atom is -0.371 e. The molecule has 2 aromatic carbocycles. The smallest absolute Gasteiger partial charge is 0.339 e. The molecule has 0 saturated carbocycles. The normalized spacial score (nSPS) is 13.8. The summed E-state index contributed by atoms with van der Waals surface area (Å²) in [6.07, 6.45) is 3.61. The van der Waals surface area contributed by atoms with Crippen molar-refractivity contribution in [1.82, 2.24) is 5.43 Å². The van der Waals surface area contributed by atoms with E-state index < -0.39 is 11.0 Å². The number of benzene rings is 2. The van der Waals surface area contributed by atoms with Crippen molar-refractivity contribution >= 4 is 29.3 Å². The van der Waals surface area contributed by atoms with E-state index in [-0.39, 0.29) is 5.69 Å². The van der Waals surface area contributed by atoms with Gasteiger partial charge in [0.15, 0.2) is 0 Å². The minimum atomic E-state index is -0.486. The van der Waals surface area contributed by atoms with Gasteiger partial charge in [-0.25, -0.2) is 10.2 Å². The third-order valence-corrected chi connectivity index (χ3v) is 4.07. The first-order chi connectivity index (χ1) is 12.6. The summed E-state index contributed by atoms with van der Waals surface area (Å²) in [5.74, 6) is 0. The molecule has 26 heavy (non-hydrogen) atoms. The number of hydrazone groups is 1. The predicted octanol–water partition coefficient (Wildman–Crippen LogP) is 3.35. The van der Waals surface area contributed by atoms with Gasteiger partial charge in [-0.15, -0.1) is 0 Å². The number of nitrogens with one attached hydrogen (secondary N) is 2. The molecule has 0 aromatic heterocycles. The van der Waals surface area contributed by atoms with Gasteiger partial charge in [0.25, 0.3) is 5.69 Å². The van der Waals surface area contributed by atoms with Gasteiger partial charge in [-0.3, -0.25) is 10.1 Å². The Morgan fingerprint density at radius 3 is 2.58 bits per heavy atom. The van der Waals surface area contributed by atoms with Crippen molar-refractivity contribution < 1.29 is 9.72 Å². The van der Waals surface area contributed by atoms with Crippen LogP contribution in [0, 0.1) is 10.1 Å². The molecule has 1 fully saturated rings. The van der Waals surface area contributed by atoms with Crippen LogP contribution < -0.4 is 15.6 Å². The molecule has 0 bridgehead atoms. The molecular formula is C18H19N5O3. The number of carbonyl (C=O) groups is 1. The van der Waals surface area contributed by atoms with Gasteiger partial charge in [0.1, 0.15) is 0 Å². The van der Waals surface area contributed by atoms with E-state index in [0.717, 1.165) is 31.6 Å². The van der Waals surface area contributed by atoms with E-state index in [1.807, 2.05) is 18.2 Å². The minimum absolute atomic E-state index is 0.0110. The summed E-state index contributed by atoms with van der Waals surface area (Å²) in [5.41, 5.74) is 4.49. The number of rotatable bonds is 5. The maximum Gasteiger partial charge on any atom is 0.339 e. The summed E-state index contributed by atoms with van der Waals surface area (Å²) in [7, 11) is 0. The molecule has 0 unspecified atom stereocenters. The number of nitrogens with zero attached hydrogens (tertiary/aromatic N) is 3. The zero-order valence-corrected chi connectivity index (χ0v) is 14.1. The standard InChI is InChI=1S/C18H19N5O3/c24-18(20-15-6-2-1-3-7-15)21-19-13-14-12-16(23(25)26)8-9-17(14)22-10-4-5-11-22/h1-3,6-9,12-13H,4-5,10-11H2,(H2,20,21,24)/b19-13-. The fraction of sp³-hybridized carbons (Fsp3) is 0.222. The Bertz CT molecular complexity index is 817. The van der Waals surface area contributed by atoms with Gasteiger partial charge in [0, 0.05) is 42.2 Å². The van der Waals surface area contributed by atoms with Gasteiger partial charge in [-0.05, 0) is 31.0 Å². The number of urea groups is 1. The lowest BCUT2D eigenvalue weighted by atomic mass is 10.1. The fourth-order valence-corrected chi connectivity index (χ4v) is 2.85. The largest absolute Gasteiger partial charge is 0.371 e. The third kappa shape index (κ3) is 4.35. The predicted molar refractivity (Wildman–Crippen MR) is 101 cm³/mol. The monoisotopic (exact) mass is 353 g/mol. The third-order valence-electron chi connectivity index (χ3n) is 4.07. The number of non-ortho nitro benzene ring substituents is 1. The number of nitro benzene ring substituents is 1. The van der Waals surface area contributed by atoms with Crippen molar-refractivity contribution in [2.45, 2.75) is 12.8 Å². The highest BCUT2D eigenvalue weighted by molar-refractivity contribution is 5.92. The Morgan fingerprint density at radius 1 is 1.15 bits per heavy atom. The van der Waals surface area contributed by atoms with Crippen LogP contribution in [0.15, 0.2) is 53.6 Å². The number of amides is 2. The lowest BCUT2D eigenvalue weighted by Gasteiger charge is -2.19. The lowest BCUT2D eigenvalue weighted by Crippen LogP contribution is -2.24. The quantitative estimate of drug-likeness (QED) is 0.489. The molecule has 2 amide bonds. The number of nitro groups is 1. The molecule has 1 aliphatic rings. The van der Waals surface area contributed by atoms with Gasteiger partial charge in [0.05, 0.1) is 11.1 Å². The van der Waals surface area contributed by atoms with E-state index >= 15 is 0 Å². The Labute approximate surface area is 150 Å². The highest BCUT2D eigenvalue weighted by Gasteiger charge is 2.17. The molecule has 1 aliphatic heterocycles. The van der Waals surface area contributed by atoms with Crippen LogP contribution >= 0.6 is 0 Å².